The monoisotopic (exact) mass is 506 g/mol. The maximum Gasteiger partial charge on any atom is 0.410 e. The van der Waals surface area contributed by atoms with Gasteiger partial charge in [0, 0.05) is 13.1 Å². The van der Waals surface area contributed by atoms with E-state index in [0.29, 0.717) is 0 Å². The number of amides is 2. The number of nitrogens with one attached hydrogen (secondary N) is 1. The molecule has 0 unspecified atom stereocenters. The highest BCUT2D eigenvalue weighted by Gasteiger charge is 2.27. The highest BCUT2D eigenvalue weighted by molar-refractivity contribution is 7.85. The van der Waals surface area contributed by atoms with E-state index in [-0.39, 0.29) is 26.3 Å². The van der Waals surface area contributed by atoms with Crippen molar-refractivity contribution < 1.29 is 31.7 Å². The van der Waals surface area contributed by atoms with Crippen molar-refractivity contribution in [3.63, 3.8) is 0 Å². The zero-order chi connectivity index (χ0) is 26.1. The van der Waals surface area contributed by atoms with Crippen molar-refractivity contribution in [1.82, 2.24) is 10.2 Å². The molecule has 0 saturated carbocycles. The van der Waals surface area contributed by atoms with Gasteiger partial charge in [-0.1, -0.05) is 60.2 Å². The number of benzene rings is 2. The molecule has 0 heterocycles. The van der Waals surface area contributed by atoms with Gasteiger partial charge in [0.15, 0.2) is 0 Å². The molecule has 2 aromatic rings. The molecule has 2 amide bonds. The molecule has 0 fully saturated rings. The molecule has 0 aliphatic carbocycles. The molecule has 0 bridgehead atoms. The lowest BCUT2D eigenvalue weighted by molar-refractivity contribution is 0.0201. The predicted molar refractivity (Wildman–Crippen MR) is 132 cm³/mol. The number of carbonyl (C=O) groups excluding carboxylic acids is 2. The molecule has 0 aromatic heterocycles. The summed E-state index contributed by atoms with van der Waals surface area (Å²) >= 11 is 0. The first-order valence-electron chi connectivity index (χ1n) is 11.2. The lowest BCUT2D eigenvalue weighted by Gasteiger charge is -2.30. The van der Waals surface area contributed by atoms with Crippen molar-refractivity contribution in [2.75, 3.05) is 19.4 Å². The molecule has 192 valence electrons. The van der Waals surface area contributed by atoms with Crippen LogP contribution in [0.5, 0.6) is 0 Å². The van der Waals surface area contributed by atoms with Crippen LogP contribution < -0.4 is 5.32 Å². The summed E-state index contributed by atoms with van der Waals surface area (Å²) in [6, 6.07) is 15.8. The Hall–Kier alpha value is -3.11. The largest absolute Gasteiger partial charge is 0.445 e. The Labute approximate surface area is 207 Å². The maximum absolute atomic E-state index is 13.0. The second-order valence-corrected chi connectivity index (χ2v) is 10.9. The fourth-order valence-corrected chi connectivity index (χ4v) is 3.52. The third kappa shape index (κ3) is 11.7. The van der Waals surface area contributed by atoms with Gasteiger partial charge in [0.2, 0.25) is 0 Å². The summed E-state index contributed by atoms with van der Waals surface area (Å²) in [4.78, 5) is 26.8. The fraction of sp³-hybridized carbons (Fsp3) is 0.440. The first-order valence-corrected chi connectivity index (χ1v) is 13.0. The Kier molecular flexibility index (Phi) is 10.1. The van der Waals surface area contributed by atoms with Gasteiger partial charge in [0.05, 0.1) is 18.9 Å². The summed E-state index contributed by atoms with van der Waals surface area (Å²) in [5.74, 6) is 0. The van der Waals surface area contributed by atoms with Crippen LogP contribution in [0, 0.1) is 6.92 Å². The Morgan fingerprint density at radius 1 is 1.03 bits per heavy atom. The van der Waals surface area contributed by atoms with Gasteiger partial charge in [-0.3, -0.25) is 4.18 Å². The van der Waals surface area contributed by atoms with Gasteiger partial charge in [-0.25, -0.2) is 9.59 Å². The van der Waals surface area contributed by atoms with Gasteiger partial charge in [-0.05, 0) is 38.8 Å². The lowest BCUT2D eigenvalue weighted by Crippen LogP contribution is -2.49. The van der Waals surface area contributed by atoms with E-state index >= 15 is 0 Å². The minimum Gasteiger partial charge on any atom is -0.445 e. The molecule has 1 atom stereocenters. The van der Waals surface area contributed by atoms with E-state index in [4.69, 9.17) is 13.7 Å². The molecule has 0 aliphatic heterocycles. The molecule has 0 radical (unpaired) electrons. The van der Waals surface area contributed by atoms with Gasteiger partial charge in [0.1, 0.15) is 12.2 Å². The molecule has 0 spiro atoms. The molecular formula is C25H34N2O7S. The lowest BCUT2D eigenvalue weighted by atomic mass is 10.1. The van der Waals surface area contributed by atoms with Crippen LogP contribution in [-0.4, -0.2) is 56.6 Å². The Balaban J connectivity index is 2.18. The summed E-state index contributed by atoms with van der Waals surface area (Å²) in [7, 11) is -3.79. The van der Waals surface area contributed by atoms with E-state index in [9.17, 15) is 18.0 Å². The minimum absolute atomic E-state index is 0.0331. The third-order valence-electron chi connectivity index (χ3n) is 4.57. The number of alkyl carbamates (subject to hydrolysis) is 1. The number of hydrogen-bond acceptors (Lipinski definition) is 7. The van der Waals surface area contributed by atoms with E-state index in [2.05, 4.69) is 5.32 Å². The van der Waals surface area contributed by atoms with E-state index in [1.165, 1.54) is 4.90 Å². The maximum atomic E-state index is 13.0. The fourth-order valence-electron chi connectivity index (χ4n) is 3.10. The number of rotatable bonds is 10. The summed E-state index contributed by atoms with van der Waals surface area (Å²) in [5, 5.41) is 2.61. The van der Waals surface area contributed by atoms with Crippen molar-refractivity contribution in [3.8, 4) is 0 Å². The van der Waals surface area contributed by atoms with E-state index < -0.39 is 33.9 Å². The molecule has 35 heavy (non-hydrogen) atoms. The van der Waals surface area contributed by atoms with Crippen LogP contribution in [-0.2, 0) is 36.9 Å². The highest BCUT2D eigenvalue weighted by atomic mass is 32.2. The van der Waals surface area contributed by atoms with Crippen LogP contribution in [0.4, 0.5) is 9.59 Å². The van der Waals surface area contributed by atoms with Gasteiger partial charge >= 0.3 is 12.2 Å². The Morgan fingerprint density at radius 2 is 1.69 bits per heavy atom. The third-order valence-corrected chi connectivity index (χ3v) is 5.13. The second kappa shape index (κ2) is 12.6. The van der Waals surface area contributed by atoms with Crippen LogP contribution in [0.3, 0.4) is 0 Å². The summed E-state index contributed by atoms with van der Waals surface area (Å²) in [6.07, 6.45) is -0.464. The Bertz CT molecular complexity index is 1080. The van der Waals surface area contributed by atoms with Crippen LogP contribution >= 0.6 is 0 Å². The van der Waals surface area contributed by atoms with Gasteiger partial charge in [-0.15, -0.1) is 0 Å². The van der Waals surface area contributed by atoms with Crippen molar-refractivity contribution in [2.24, 2.45) is 0 Å². The molecule has 10 heteroatoms. The number of carbonyl (C=O) groups is 2. The number of aryl methyl sites for hydroxylation is 1. The first-order chi connectivity index (χ1) is 16.3. The predicted octanol–water partition coefficient (Wildman–Crippen LogP) is 4.00. The van der Waals surface area contributed by atoms with Crippen molar-refractivity contribution in [2.45, 2.75) is 52.5 Å². The summed E-state index contributed by atoms with van der Waals surface area (Å²) in [6.45, 7) is 6.95. The zero-order valence-electron chi connectivity index (χ0n) is 20.8. The van der Waals surface area contributed by atoms with Crippen molar-refractivity contribution in [1.29, 1.82) is 0 Å². The highest BCUT2D eigenvalue weighted by Crippen LogP contribution is 2.15. The van der Waals surface area contributed by atoms with Gasteiger partial charge < -0.3 is 19.7 Å². The molecule has 9 nitrogen and oxygen atoms in total. The quantitative estimate of drug-likeness (QED) is 0.485. The standard InChI is InChI=1S/C25H34N2O7S/c1-19-10-9-13-21(14-19)15-27(24(29)34-25(2,3)4)16-22(18-33-35(5,30)31)26-23(28)32-17-20-11-7-6-8-12-20/h6-14,22H,15-18H2,1-5H3,(H,26,28)/t22-/m0/s1. The van der Waals surface area contributed by atoms with Gasteiger partial charge in [0.25, 0.3) is 10.1 Å². The molecule has 1 N–H and O–H groups in total. The van der Waals surface area contributed by atoms with E-state index in [0.717, 1.165) is 22.9 Å². The van der Waals surface area contributed by atoms with Crippen LogP contribution in [0.15, 0.2) is 54.6 Å². The number of ether oxygens (including phenoxy) is 2. The summed E-state index contributed by atoms with van der Waals surface area (Å²) < 4.78 is 38.9. The topological polar surface area (TPSA) is 111 Å². The molecule has 2 rings (SSSR count). The second-order valence-electron chi connectivity index (χ2n) is 9.24. The zero-order valence-corrected chi connectivity index (χ0v) is 21.6. The first kappa shape index (κ1) is 28.1. The van der Waals surface area contributed by atoms with E-state index in [1.54, 1.807) is 20.8 Å². The Morgan fingerprint density at radius 3 is 2.29 bits per heavy atom. The van der Waals surface area contributed by atoms with Crippen LogP contribution in [0.25, 0.3) is 0 Å². The van der Waals surface area contributed by atoms with Crippen molar-refractivity contribution >= 4 is 22.3 Å². The average molecular weight is 507 g/mol. The molecule has 0 aliphatic rings. The SMILES string of the molecule is Cc1cccc(CN(C[C@@H](COS(C)(=O)=O)NC(=O)OCc2ccccc2)C(=O)OC(C)(C)C)c1. The minimum atomic E-state index is -3.79. The van der Waals surface area contributed by atoms with E-state index in [1.807, 2.05) is 61.5 Å². The smallest absolute Gasteiger partial charge is 0.410 e. The summed E-state index contributed by atoms with van der Waals surface area (Å²) in [5.41, 5.74) is 1.92. The molecular weight excluding hydrogens is 472 g/mol. The molecule has 0 saturated heterocycles. The van der Waals surface area contributed by atoms with Crippen LogP contribution in [0.1, 0.15) is 37.5 Å². The van der Waals surface area contributed by atoms with Crippen LogP contribution in [0.2, 0.25) is 0 Å². The average Bonchev–Trinajstić information content (AvgIpc) is 2.74. The van der Waals surface area contributed by atoms with Crippen molar-refractivity contribution in [3.05, 3.63) is 71.3 Å². The normalized spacial score (nSPS) is 12.5. The number of nitrogens with zero attached hydrogens (tertiary/aromatic N) is 1. The number of hydrogen-bond donors (Lipinski definition) is 1. The molecule has 2 aromatic carbocycles. The van der Waals surface area contributed by atoms with Gasteiger partial charge in [-0.2, -0.15) is 8.42 Å².